The van der Waals surface area contributed by atoms with E-state index in [1.165, 1.54) is 24.3 Å². The topological polar surface area (TPSA) is 20.2 Å². The molecule has 0 heterocycles. The van der Waals surface area contributed by atoms with Crippen LogP contribution in [-0.2, 0) is 0 Å². The molecule has 52 valence electrons. The van der Waals surface area contributed by atoms with Crippen LogP contribution in [0.1, 0.15) is 31.1 Å². The van der Waals surface area contributed by atoms with Crippen molar-refractivity contribution in [3.8, 4) is 5.75 Å². The second-order valence-corrected chi connectivity index (χ2v) is 2.18. The molecule has 0 unspecified atom stereocenters. The Morgan fingerprint density at radius 2 is 2.40 bits per heavy atom. The number of rotatable bonds is 1. The van der Waals surface area contributed by atoms with E-state index in [1.807, 2.05) is 0 Å². The highest BCUT2D eigenvalue weighted by molar-refractivity contribution is 5.31. The van der Waals surface area contributed by atoms with Crippen molar-refractivity contribution < 1.29 is 12.0 Å². The van der Waals surface area contributed by atoms with Gasteiger partial charge in [0.1, 0.15) is 5.75 Å². The fraction of sp³-hybridized carbons (Fsp3) is 0.333. The molecular weight excluding hydrogens is 124 g/mol. The van der Waals surface area contributed by atoms with E-state index < -0.39 is 18.6 Å². The van der Waals surface area contributed by atoms with Crippen molar-refractivity contribution >= 4 is 0 Å². The van der Waals surface area contributed by atoms with Crippen LogP contribution in [-0.4, -0.2) is 5.11 Å². The Hall–Kier alpha value is -0.980. The van der Waals surface area contributed by atoms with Gasteiger partial charge in [0.05, 0.1) is 0 Å². The van der Waals surface area contributed by atoms with E-state index >= 15 is 0 Å². The van der Waals surface area contributed by atoms with Gasteiger partial charge in [0.2, 0.25) is 0 Å². The van der Waals surface area contributed by atoms with Gasteiger partial charge >= 0.3 is 0 Å². The summed E-state index contributed by atoms with van der Waals surface area (Å²) in [5, 5.41) is 9.22. The maximum absolute atomic E-state index is 9.22. The monoisotopic (exact) mass is 139 g/mol. The molecular formula is C9H10O. The fourth-order valence-electron chi connectivity index (χ4n) is 0.837. The summed E-state index contributed by atoms with van der Waals surface area (Å²) in [6.45, 7) is 0. The van der Waals surface area contributed by atoms with Crippen molar-refractivity contribution in [3.63, 3.8) is 0 Å². The van der Waals surface area contributed by atoms with Crippen LogP contribution in [0.15, 0.2) is 24.3 Å². The molecule has 1 aliphatic carbocycles. The largest absolute Gasteiger partial charge is 0.508 e. The zero-order chi connectivity index (χ0) is 11.5. The minimum Gasteiger partial charge on any atom is -0.508 e. The van der Waals surface area contributed by atoms with Crippen molar-refractivity contribution in [2.24, 2.45) is 0 Å². The summed E-state index contributed by atoms with van der Waals surface area (Å²) in [6, 6.07) is 5.57. The number of hydrogen-bond donors (Lipinski definition) is 1. The number of benzene rings is 1. The summed E-state index contributed by atoms with van der Waals surface area (Å²) in [7, 11) is 0. The predicted octanol–water partition coefficient (Wildman–Crippen LogP) is 2.27. The third kappa shape index (κ3) is 0.991. The lowest BCUT2D eigenvalue weighted by Gasteiger charge is -1.96. The summed E-state index contributed by atoms with van der Waals surface area (Å²) in [6.07, 6.45) is -4.43. The van der Waals surface area contributed by atoms with Gasteiger partial charge in [-0.2, -0.15) is 0 Å². The van der Waals surface area contributed by atoms with Gasteiger partial charge in [-0.05, 0) is 36.3 Å². The van der Waals surface area contributed by atoms with Gasteiger partial charge in [0.15, 0.2) is 0 Å². The van der Waals surface area contributed by atoms with Crippen molar-refractivity contribution in [1.82, 2.24) is 0 Å². The molecule has 0 radical (unpaired) electrons. The molecule has 10 heavy (non-hydrogen) atoms. The van der Waals surface area contributed by atoms with Crippen molar-refractivity contribution in [3.05, 3.63) is 29.8 Å². The Morgan fingerprint density at radius 1 is 1.60 bits per heavy atom. The first-order valence-electron chi connectivity index (χ1n) is 5.54. The highest BCUT2D eigenvalue weighted by Gasteiger charge is 2.23. The molecule has 0 bridgehead atoms. The maximum atomic E-state index is 9.22. The lowest BCUT2D eigenvalue weighted by atomic mass is 10.1. The van der Waals surface area contributed by atoms with E-state index in [0.29, 0.717) is 0 Å². The van der Waals surface area contributed by atoms with Crippen LogP contribution in [0.25, 0.3) is 0 Å². The predicted molar refractivity (Wildman–Crippen MR) is 40.1 cm³/mol. The molecule has 1 aromatic carbocycles. The first-order chi connectivity index (χ1) is 6.75. The fourth-order valence-corrected chi connectivity index (χ4v) is 0.837. The normalized spacial score (nSPS) is 37.8. The highest BCUT2D eigenvalue weighted by atomic mass is 16.3. The van der Waals surface area contributed by atoms with Crippen molar-refractivity contribution in [2.75, 3.05) is 0 Å². The minimum absolute atomic E-state index is 0.0855. The molecule has 0 aromatic heterocycles. The van der Waals surface area contributed by atoms with Crippen LogP contribution in [0, 0.1) is 0 Å². The van der Waals surface area contributed by atoms with Crippen molar-refractivity contribution in [1.29, 1.82) is 0 Å². The number of hydrogen-bond acceptors (Lipinski definition) is 1. The highest BCUT2D eigenvalue weighted by Crippen LogP contribution is 2.40. The molecule has 1 N–H and O–H groups in total. The van der Waals surface area contributed by atoms with Crippen LogP contribution in [0.2, 0.25) is 0 Å². The van der Waals surface area contributed by atoms with Crippen LogP contribution in [0.3, 0.4) is 0 Å². The van der Waals surface area contributed by atoms with Crippen LogP contribution >= 0.6 is 0 Å². The van der Waals surface area contributed by atoms with E-state index in [9.17, 15) is 5.11 Å². The van der Waals surface area contributed by atoms with E-state index in [4.69, 9.17) is 6.85 Å². The van der Waals surface area contributed by atoms with E-state index in [-0.39, 0.29) is 11.3 Å². The number of phenolic OH excluding ortho intramolecular Hbond substituents is 1. The number of phenols is 1. The Balaban J connectivity index is 2.51. The summed E-state index contributed by atoms with van der Waals surface area (Å²) < 4.78 is 37.6. The van der Waals surface area contributed by atoms with E-state index in [0.717, 1.165) is 0 Å². The SMILES string of the molecule is [2H]C1([2H])C([2H])([2H])C1([2H])c1cccc(O)c1. The zero-order valence-corrected chi connectivity index (χ0v) is 5.26. The molecule has 0 atom stereocenters. The average molecular weight is 139 g/mol. The quantitative estimate of drug-likeness (QED) is 0.632. The molecule has 0 saturated heterocycles. The lowest BCUT2D eigenvalue weighted by Crippen LogP contribution is -1.75. The van der Waals surface area contributed by atoms with Crippen molar-refractivity contribution in [2.45, 2.75) is 18.6 Å². The Morgan fingerprint density at radius 3 is 3.00 bits per heavy atom. The Labute approximate surface area is 67.3 Å². The Kier molecular flexibility index (Phi) is 0.517. The van der Waals surface area contributed by atoms with E-state index in [2.05, 4.69) is 0 Å². The molecule has 2 rings (SSSR count). The van der Waals surface area contributed by atoms with Crippen LogP contribution < -0.4 is 0 Å². The van der Waals surface area contributed by atoms with Gasteiger partial charge in [-0.3, -0.25) is 0 Å². The van der Waals surface area contributed by atoms with Crippen LogP contribution in [0.4, 0.5) is 0 Å². The summed E-state index contributed by atoms with van der Waals surface area (Å²) in [5.74, 6) is -2.00. The molecule has 0 spiro atoms. The lowest BCUT2D eigenvalue weighted by molar-refractivity contribution is 0.474. The second kappa shape index (κ2) is 2.01. The van der Waals surface area contributed by atoms with Gasteiger partial charge in [-0.1, -0.05) is 12.1 Å². The first-order valence-corrected chi connectivity index (χ1v) is 3.04. The Bertz CT molecular complexity index is 401. The maximum Gasteiger partial charge on any atom is 0.115 e. The van der Waals surface area contributed by atoms with Gasteiger partial charge in [0.25, 0.3) is 0 Å². The molecule has 1 aromatic rings. The molecule has 1 nitrogen and oxygen atoms in total. The summed E-state index contributed by atoms with van der Waals surface area (Å²) in [4.78, 5) is 0. The standard InChI is InChI=1S/C9H10O/c10-9-3-1-2-8(6-9)7-4-5-7/h1-3,6-7,10H,4-5H2/i4D2,5D2,7D. The molecule has 1 aliphatic rings. The smallest absolute Gasteiger partial charge is 0.115 e. The molecule has 1 fully saturated rings. The van der Waals surface area contributed by atoms with Gasteiger partial charge in [-0.15, -0.1) is 0 Å². The third-order valence-electron chi connectivity index (χ3n) is 1.38. The van der Waals surface area contributed by atoms with Gasteiger partial charge in [-0.25, -0.2) is 0 Å². The van der Waals surface area contributed by atoms with Gasteiger partial charge in [0, 0.05) is 6.85 Å². The summed E-state index contributed by atoms with van der Waals surface area (Å²) >= 11 is 0. The molecule has 0 amide bonds. The third-order valence-corrected chi connectivity index (χ3v) is 1.38. The van der Waals surface area contributed by atoms with Crippen LogP contribution in [0.5, 0.6) is 5.75 Å². The molecule has 1 saturated carbocycles. The first kappa shape index (κ1) is 2.57. The molecule has 1 heteroatoms. The molecule has 0 aliphatic heterocycles. The minimum atomic E-state index is -2.21. The number of aromatic hydroxyl groups is 1. The zero-order valence-electron chi connectivity index (χ0n) is 10.3. The average Bonchev–Trinajstić information content (AvgIpc) is 2.45. The van der Waals surface area contributed by atoms with E-state index in [1.54, 1.807) is 0 Å². The second-order valence-electron chi connectivity index (χ2n) is 2.18. The van der Waals surface area contributed by atoms with Gasteiger partial charge < -0.3 is 5.11 Å². The summed E-state index contributed by atoms with van der Waals surface area (Å²) in [5.41, 5.74) is 0.164.